The molecular weight excluding hydrogens is 206 g/mol. The van der Waals surface area contributed by atoms with Crippen molar-refractivity contribution in [3.05, 3.63) is 23.9 Å². The first-order valence-electron chi connectivity index (χ1n) is 5.21. The maximum Gasteiger partial charge on any atom is 0.129 e. The Hall–Kier alpha value is -1.16. The van der Waals surface area contributed by atoms with Gasteiger partial charge in [0.25, 0.3) is 0 Å². The van der Waals surface area contributed by atoms with Gasteiger partial charge < -0.3 is 10.6 Å². The SMILES string of the molecule is CC1CCCN1c1cc(C(N)=S)ccn1. The van der Waals surface area contributed by atoms with E-state index in [4.69, 9.17) is 18.0 Å². The van der Waals surface area contributed by atoms with Gasteiger partial charge >= 0.3 is 0 Å². The van der Waals surface area contributed by atoms with Crippen LogP contribution in [0.1, 0.15) is 25.3 Å². The van der Waals surface area contributed by atoms with Crippen LogP contribution in [0.4, 0.5) is 5.82 Å². The first kappa shape index (κ1) is 10.4. The highest BCUT2D eigenvalue weighted by molar-refractivity contribution is 7.80. The summed E-state index contributed by atoms with van der Waals surface area (Å²) in [6.45, 7) is 3.30. The molecule has 2 heterocycles. The van der Waals surface area contributed by atoms with Crippen molar-refractivity contribution in [2.75, 3.05) is 11.4 Å². The summed E-state index contributed by atoms with van der Waals surface area (Å²) in [5.41, 5.74) is 6.50. The van der Waals surface area contributed by atoms with E-state index in [-0.39, 0.29) is 0 Å². The highest BCUT2D eigenvalue weighted by atomic mass is 32.1. The van der Waals surface area contributed by atoms with E-state index in [1.54, 1.807) is 6.20 Å². The summed E-state index contributed by atoms with van der Waals surface area (Å²) in [7, 11) is 0. The molecule has 80 valence electrons. The monoisotopic (exact) mass is 221 g/mol. The van der Waals surface area contributed by atoms with Crippen molar-refractivity contribution in [3.8, 4) is 0 Å². The number of rotatable bonds is 2. The van der Waals surface area contributed by atoms with Crippen molar-refractivity contribution in [1.29, 1.82) is 0 Å². The van der Waals surface area contributed by atoms with E-state index in [1.165, 1.54) is 12.8 Å². The van der Waals surface area contributed by atoms with Gasteiger partial charge in [-0.25, -0.2) is 4.98 Å². The number of anilines is 1. The summed E-state index contributed by atoms with van der Waals surface area (Å²) >= 11 is 4.96. The summed E-state index contributed by atoms with van der Waals surface area (Å²) in [6, 6.07) is 4.40. The fourth-order valence-corrected chi connectivity index (χ4v) is 2.13. The van der Waals surface area contributed by atoms with Gasteiger partial charge in [-0.1, -0.05) is 12.2 Å². The first-order valence-corrected chi connectivity index (χ1v) is 5.62. The predicted molar refractivity (Wildman–Crippen MR) is 66.2 cm³/mol. The maximum absolute atomic E-state index is 5.60. The molecule has 2 rings (SSSR count). The number of thiocarbonyl (C=S) groups is 1. The van der Waals surface area contributed by atoms with Crippen LogP contribution in [-0.4, -0.2) is 22.6 Å². The number of nitrogens with two attached hydrogens (primary N) is 1. The van der Waals surface area contributed by atoms with E-state index in [0.717, 1.165) is 17.9 Å². The van der Waals surface area contributed by atoms with Gasteiger partial charge in [-0.15, -0.1) is 0 Å². The minimum Gasteiger partial charge on any atom is -0.389 e. The molecule has 1 fully saturated rings. The van der Waals surface area contributed by atoms with Crippen LogP contribution < -0.4 is 10.6 Å². The van der Waals surface area contributed by atoms with Gasteiger partial charge in [0.1, 0.15) is 10.8 Å². The molecule has 4 heteroatoms. The van der Waals surface area contributed by atoms with E-state index >= 15 is 0 Å². The van der Waals surface area contributed by atoms with Gasteiger partial charge in [0, 0.05) is 24.3 Å². The van der Waals surface area contributed by atoms with E-state index < -0.39 is 0 Å². The van der Waals surface area contributed by atoms with Crippen LogP contribution >= 0.6 is 12.2 Å². The van der Waals surface area contributed by atoms with Gasteiger partial charge in [-0.3, -0.25) is 0 Å². The number of aromatic nitrogens is 1. The predicted octanol–water partition coefficient (Wildman–Crippen LogP) is 1.70. The summed E-state index contributed by atoms with van der Waals surface area (Å²) in [4.78, 5) is 7.11. The quantitative estimate of drug-likeness (QED) is 0.772. The minimum atomic E-state index is 0.436. The first-order chi connectivity index (χ1) is 7.18. The molecule has 0 radical (unpaired) electrons. The van der Waals surface area contributed by atoms with E-state index in [1.807, 2.05) is 12.1 Å². The normalized spacial score (nSPS) is 20.6. The summed E-state index contributed by atoms with van der Waals surface area (Å²) < 4.78 is 0. The Morgan fingerprint density at radius 1 is 1.67 bits per heavy atom. The molecule has 0 aromatic carbocycles. The van der Waals surface area contributed by atoms with Crippen molar-refractivity contribution in [3.63, 3.8) is 0 Å². The Labute approximate surface area is 95.3 Å². The molecule has 0 amide bonds. The second-order valence-corrected chi connectivity index (χ2v) is 4.39. The van der Waals surface area contributed by atoms with Crippen LogP contribution in [0.3, 0.4) is 0 Å². The topological polar surface area (TPSA) is 42.1 Å². The fraction of sp³-hybridized carbons (Fsp3) is 0.455. The molecule has 0 spiro atoms. The number of pyridine rings is 1. The third-order valence-electron chi connectivity index (χ3n) is 2.88. The molecule has 3 nitrogen and oxygen atoms in total. The Morgan fingerprint density at radius 3 is 3.07 bits per heavy atom. The van der Waals surface area contributed by atoms with Crippen molar-refractivity contribution in [1.82, 2.24) is 4.98 Å². The van der Waals surface area contributed by atoms with Crippen LogP contribution in [0, 0.1) is 0 Å². The molecule has 1 aromatic heterocycles. The zero-order chi connectivity index (χ0) is 10.8. The second kappa shape index (κ2) is 4.14. The Balaban J connectivity index is 2.28. The smallest absolute Gasteiger partial charge is 0.129 e. The average Bonchev–Trinajstić information content (AvgIpc) is 2.64. The van der Waals surface area contributed by atoms with Crippen molar-refractivity contribution < 1.29 is 0 Å². The molecule has 2 N–H and O–H groups in total. The van der Waals surface area contributed by atoms with Gasteiger partial charge in [0.15, 0.2) is 0 Å². The molecular formula is C11H15N3S. The molecule has 0 saturated carbocycles. The van der Waals surface area contributed by atoms with Crippen LogP contribution in [0.2, 0.25) is 0 Å². The third-order valence-corrected chi connectivity index (χ3v) is 3.11. The highest BCUT2D eigenvalue weighted by Crippen LogP contribution is 2.23. The molecule has 1 atom stereocenters. The van der Waals surface area contributed by atoms with E-state index in [2.05, 4.69) is 16.8 Å². The van der Waals surface area contributed by atoms with Gasteiger partial charge in [0.2, 0.25) is 0 Å². The molecule has 1 unspecified atom stereocenters. The lowest BCUT2D eigenvalue weighted by atomic mass is 10.2. The number of nitrogens with zero attached hydrogens (tertiary/aromatic N) is 2. The summed E-state index contributed by atoms with van der Waals surface area (Å²) in [5, 5.41) is 0. The zero-order valence-electron chi connectivity index (χ0n) is 8.81. The summed E-state index contributed by atoms with van der Waals surface area (Å²) in [5.74, 6) is 0.991. The molecule has 1 aromatic rings. The fourth-order valence-electron chi connectivity index (χ4n) is 2.00. The van der Waals surface area contributed by atoms with E-state index in [0.29, 0.717) is 11.0 Å². The second-order valence-electron chi connectivity index (χ2n) is 3.95. The van der Waals surface area contributed by atoms with Crippen LogP contribution in [-0.2, 0) is 0 Å². The van der Waals surface area contributed by atoms with Gasteiger partial charge in [-0.05, 0) is 31.9 Å². The van der Waals surface area contributed by atoms with Crippen LogP contribution in [0.5, 0.6) is 0 Å². The van der Waals surface area contributed by atoms with Crippen LogP contribution in [0.25, 0.3) is 0 Å². The molecule has 1 aliphatic heterocycles. The lowest BCUT2D eigenvalue weighted by Crippen LogP contribution is -2.27. The lowest BCUT2D eigenvalue weighted by molar-refractivity contribution is 0.727. The van der Waals surface area contributed by atoms with Gasteiger partial charge in [0.05, 0.1) is 0 Å². The van der Waals surface area contributed by atoms with Crippen molar-refractivity contribution >= 4 is 23.0 Å². The zero-order valence-corrected chi connectivity index (χ0v) is 9.63. The summed E-state index contributed by atoms with van der Waals surface area (Å²) in [6.07, 6.45) is 4.24. The molecule has 0 bridgehead atoms. The standard InChI is InChI=1S/C11H15N3S/c1-8-3-2-6-14(8)10-7-9(11(12)15)4-5-13-10/h4-5,7-8H,2-3,6H2,1H3,(H2,12,15). The number of hydrogen-bond donors (Lipinski definition) is 1. The molecule has 15 heavy (non-hydrogen) atoms. The van der Waals surface area contributed by atoms with Gasteiger partial charge in [-0.2, -0.15) is 0 Å². The molecule has 0 aliphatic carbocycles. The maximum atomic E-state index is 5.60. The number of hydrogen-bond acceptors (Lipinski definition) is 3. The average molecular weight is 221 g/mol. The Bertz CT molecular complexity index is 378. The molecule has 1 aliphatic rings. The van der Waals surface area contributed by atoms with Crippen LogP contribution in [0.15, 0.2) is 18.3 Å². The van der Waals surface area contributed by atoms with Crippen molar-refractivity contribution in [2.24, 2.45) is 5.73 Å². The highest BCUT2D eigenvalue weighted by Gasteiger charge is 2.21. The third kappa shape index (κ3) is 2.09. The Morgan fingerprint density at radius 2 is 2.47 bits per heavy atom. The lowest BCUT2D eigenvalue weighted by Gasteiger charge is -2.22. The Kier molecular flexibility index (Phi) is 2.86. The van der Waals surface area contributed by atoms with E-state index in [9.17, 15) is 0 Å². The largest absolute Gasteiger partial charge is 0.389 e. The molecule has 1 saturated heterocycles. The minimum absolute atomic E-state index is 0.436. The van der Waals surface area contributed by atoms with Crippen molar-refractivity contribution in [2.45, 2.75) is 25.8 Å².